The van der Waals surface area contributed by atoms with Crippen molar-refractivity contribution in [2.45, 2.75) is 29.3 Å². The molecule has 0 unspecified atom stereocenters. The molecular weight excluding hydrogens is 252 g/mol. The molecule has 7 heteroatoms. The lowest BCUT2D eigenvalue weighted by atomic mass is 10.1. The van der Waals surface area contributed by atoms with Crippen LogP contribution in [0.5, 0.6) is 0 Å². The maximum atomic E-state index is 10.6. The van der Waals surface area contributed by atoms with E-state index in [9.17, 15) is 9.90 Å². The molecule has 0 aromatic rings. The highest BCUT2D eigenvalue weighted by atomic mass is 35.5. The van der Waals surface area contributed by atoms with Gasteiger partial charge in [0.05, 0.1) is 0 Å². The SMILES string of the molecule is CC(=O)OC1=N[C@@H](O)C(Cl)(Cl)C[C@H]1Cl. The van der Waals surface area contributed by atoms with Gasteiger partial charge in [-0.3, -0.25) is 4.79 Å². The minimum Gasteiger partial charge on any atom is -0.410 e. The summed E-state index contributed by atoms with van der Waals surface area (Å²) in [5.41, 5.74) is 0. The molecule has 0 saturated carbocycles. The lowest BCUT2D eigenvalue weighted by molar-refractivity contribution is -0.133. The zero-order valence-corrected chi connectivity index (χ0v) is 9.47. The molecule has 0 bridgehead atoms. The average Bonchev–Trinajstić information content (AvgIpc) is 1.98. The Morgan fingerprint density at radius 1 is 1.71 bits per heavy atom. The summed E-state index contributed by atoms with van der Waals surface area (Å²) in [6.07, 6.45) is -1.28. The van der Waals surface area contributed by atoms with E-state index < -0.39 is 21.9 Å². The highest BCUT2D eigenvalue weighted by molar-refractivity contribution is 6.50. The zero-order valence-electron chi connectivity index (χ0n) is 7.21. The second-order valence-electron chi connectivity index (χ2n) is 2.87. The van der Waals surface area contributed by atoms with E-state index >= 15 is 0 Å². The van der Waals surface area contributed by atoms with Crippen LogP contribution in [0.2, 0.25) is 0 Å². The van der Waals surface area contributed by atoms with Crippen molar-refractivity contribution in [1.29, 1.82) is 0 Å². The van der Waals surface area contributed by atoms with Crippen molar-refractivity contribution in [3.05, 3.63) is 0 Å². The first-order valence-corrected chi connectivity index (χ1v) is 4.98. The number of halogens is 3. The molecule has 14 heavy (non-hydrogen) atoms. The van der Waals surface area contributed by atoms with E-state index in [0.717, 1.165) is 0 Å². The number of alkyl halides is 3. The minimum absolute atomic E-state index is 0.0522. The Kier molecular flexibility index (Phi) is 3.63. The third kappa shape index (κ3) is 2.73. The van der Waals surface area contributed by atoms with E-state index in [2.05, 4.69) is 9.73 Å². The summed E-state index contributed by atoms with van der Waals surface area (Å²) >= 11 is 17.2. The molecule has 1 heterocycles. The van der Waals surface area contributed by atoms with E-state index in [0.29, 0.717) is 0 Å². The Hall–Kier alpha value is -0.0300. The van der Waals surface area contributed by atoms with Crippen molar-refractivity contribution in [3.63, 3.8) is 0 Å². The predicted molar refractivity (Wildman–Crippen MR) is 53.9 cm³/mol. The van der Waals surface area contributed by atoms with Crippen LogP contribution in [-0.2, 0) is 9.53 Å². The summed E-state index contributed by atoms with van der Waals surface area (Å²) in [4.78, 5) is 14.2. The highest BCUT2D eigenvalue weighted by Crippen LogP contribution is 2.37. The molecule has 1 aliphatic rings. The molecule has 0 amide bonds. The Morgan fingerprint density at radius 3 is 2.79 bits per heavy atom. The molecule has 0 aromatic carbocycles. The van der Waals surface area contributed by atoms with Gasteiger partial charge in [-0.2, -0.15) is 0 Å². The Morgan fingerprint density at radius 2 is 2.29 bits per heavy atom. The number of carbonyl (C=O) groups excluding carboxylic acids is 1. The first-order valence-electron chi connectivity index (χ1n) is 3.79. The van der Waals surface area contributed by atoms with Gasteiger partial charge in [-0.25, -0.2) is 4.99 Å². The van der Waals surface area contributed by atoms with Crippen LogP contribution in [0.15, 0.2) is 4.99 Å². The van der Waals surface area contributed by atoms with Gasteiger partial charge in [-0.15, -0.1) is 11.6 Å². The van der Waals surface area contributed by atoms with Gasteiger partial charge in [-0.05, 0) is 0 Å². The molecular formula is C7H8Cl3NO3. The van der Waals surface area contributed by atoms with Gasteiger partial charge >= 0.3 is 5.97 Å². The number of aliphatic imine (C=N–C) groups is 1. The number of rotatable bonds is 0. The first kappa shape index (κ1) is 12.0. The molecule has 80 valence electrons. The number of aliphatic hydroxyl groups excluding tert-OH is 1. The van der Waals surface area contributed by atoms with Crippen LogP contribution in [0.25, 0.3) is 0 Å². The molecule has 1 aliphatic heterocycles. The largest absolute Gasteiger partial charge is 0.410 e. The third-order valence-electron chi connectivity index (χ3n) is 1.59. The molecule has 0 aliphatic carbocycles. The smallest absolute Gasteiger partial charge is 0.309 e. The van der Waals surface area contributed by atoms with Crippen LogP contribution in [0.3, 0.4) is 0 Å². The Labute approximate surface area is 95.8 Å². The number of nitrogens with zero attached hydrogens (tertiary/aromatic N) is 1. The monoisotopic (exact) mass is 259 g/mol. The molecule has 0 spiro atoms. The van der Waals surface area contributed by atoms with Crippen LogP contribution in [0, 0.1) is 0 Å². The van der Waals surface area contributed by atoms with Gasteiger partial charge in [0.1, 0.15) is 5.38 Å². The van der Waals surface area contributed by atoms with E-state index in [1.54, 1.807) is 0 Å². The maximum absolute atomic E-state index is 10.6. The summed E-state index contributed by atoms with van der Waals surface area (Å²) in [6, 6.07) is 0. The van der Waals surface area contributed by atoms with Crippen molar-refractivity contribution in [1.82, 2.24) is 0 Å². The predicted octanol–water partition coefficient (Wildman–Crippen LogP) is 1.45. The van der Waals surface area contributed by atoms with Crippen LogP contribution < -0.4 is 0 Å². The second-order valence-corrected chi connectivity index (χ2v) is 4.94. The lowest BCUT2D eigenvalue weighted by Gasteiger charge is -2.30. The number of ether oxygens (including phenoxy) is 1. The summed E-state index contributed by atoms with van der Waals surface area (Å²) < 4.78 is 3.23. The lowest BCUT2D eigenvalue weighted by Crippen LogP contribution is -2.41. The van der Waals surface area contributed by atoms with Crippen molar-refractivity contribution < 1.29 is 14.6 Å². The zero-order chi connectivity index (χ0) is 10.9. The van der Waals surface area contributed by atoms with Crippen molar-refractivity contribution in [2.75, 3.05) is 0 Å². The summed E-state index contributed by atoms with van der Waals surface area (Å²) in [6.45, 7) is 1.21. The standard InChI is InChI=1S/C7H8Cl3NO3/c1-3(12)14-5-4(8)2-7(9,10)6(13)11-5/h4,6,13H,2H2,1H3/t4-,6+/m1/s1. The van der Waals surface area contributed by atoms with Crippen LogP contribution >= 0.6 is 34.8 Å². The molecule has 0 saturated heterocycles. The maximum Gasteiger partial charge on any atom is 0.309 e. The topological polar surface area (TPSA) is 58.9 Å². The summed E-state index contributed by atoms with van der Waals surface area (Å²) in [5.74, 6) is -0.609. The fourth-order valence-electron chi connectivity index (χ4n) is 0.965. The van der Waals surface area contributed by atoms with Crippen LogP contribution in [-0.4, -0.2) is 32.9 Å². The number of aliphatic hydroxyl groups is 1. The number of hydrogen-bond donors (Lipinski definition) is 1. The fraction of sp³-hybridized carbons (Fsp3) is 0.714. The fourth-order valence-corrected chi connectivity index (χ4v) is 1.87. The molecule has 1 N–H and O–H groups in total. The quantitative estimate of drug-likeness (QED) is 0.530. The van der Waals surface area contributed by atoms with Crippen molar-refractivity contribution in [3.8, 4) is 0 Å². The first-order chi connectivity index (χ1) is 6.33. The van der Waals surface area contributed by atoms with Gasteiger partial charge in [-0.1, -0.05) is 23.2 Å². The van der Waals surface area contributed by atoms with Gasteiger partial charge < -0.3 is 9.84 Å². The average molecular weight is 261 g/mol. The van der Waals surface area contributed by atoms with Gasteiger partial charge in [0.25, 0.3) is 0 Å². The normalized spacial score (nSPS) is 30.8. The van der Waals surface area contributed by atoms with Crippen molar-refractivity contribution >= 4 is 46.7 Å². The van der Waals surface area contributed by atoms with Crippen LogP contribution in [0.4, 0.5) is 0 Å². The third-order valence-corrected chi connectivity index (χ3v) is 2.63. The summed E-state index contributed by atoms with van der Waals surface area (Å²) in [7, 11) is 0. The van der Waals surface area contributed by atoms with E-state index in [1.807, 2.05) is 0 Å². The van der Waals surface area contributed by atoms with Gasteiger partial charge in [0, 0.05) is 13.3 Å². The van der Waals surface area contributed by atoms with Crippen molar-refractivity contribution in [2.24, 2.45) is 4.99 Å². The summed E-state index contributed by atoms with van der Waals surface area (Å²) in [5, 5.41) is 8.63. The molecule has 0 fully saturated rings. The number of esters is 1. The Bertz CT molecular complexity index is 279. The molecule has 2 atom stereocenters. The minimum atomic E-state index is -1.43. The molecule has 0 aromatic heterocycles. The molecule has 1 rings (SSSR count). The van der Waals surface area contributed by atoms with Gasteiger partial charge in [0.2, 0.25) is 5.90 Å². The van der Waals surface area contributed by atoms with E-state index in [1.165, 1.54) is 6.92 Å². The molecule has 0 radical (unpaired) electrons. The number of hydrogen-bond acceptors (Lipinski definition) is 4. The van der Waals surface area contributed by atoms with E-state index in [4.69, 9.17) is 34.8 Å². The van der Waals surface area contributed by atoms with Crippen LogP contribution in [0.1, 0.15) is 13.3 Å². The highest BCUT2D eigenvalue weighted by Gasteiger charge is 2.42. The van der Waals surface area contributed by atoms with E-state index in [-0.39, 0.29) is 12.3 Å². The second kappa shape index (κ2) is 4.23. The number of carbonyl (C=O) groups is 1. The Balaban J connectivity index is 2.82. The molecule has 4 nitrogen and oxygen atoms in total. The van der Waals surface area contributed by atoms with Gasteiger partial charge in [0.15, 0.2) is 10.6 Å².